The fraction of sp³-hybridized carbons (Fsp3) is 0.533. The monoisotopic (exact) mass is 371 g/mol. The second-order valence-corrected chi connectivity index (χ2v) is 6.19. The van der Waals surface area contributed by atoms with Crippen molar-refractivity contribution in [3.05, 3.63) is 24.3 Å². The van der Waals surface area contributed by atoms with Crippen molar-refractivity contribution in [3.63, 3.8) is 0 Å². The molecule has 4 heteroatoms. The zero-order valence-electron chi connectivity index (χ0n) is 11.2. The summed E-state index contributed by atoms with van der Waals surface area (Å²) < 4.78 is 12.8. The quantitative estimate of drug-likeness (QED) is 0.577. The first kappa shape index (κ1) is 14.4. The van der Waals surface area contributed by atoms with E-state index >= 15 is 0 Å². The van der Waals surface area contributed by atoms with Crippen molar-refractivity contribution >= 4 is 22.6 Å². The van der Waals surface area contributed by atoms with Gasteiger partial charge in [-0.1, -0.05) is 48.6 Å². The van der Waals surface area contributed by atoms with Crippen molar-refractivity contribution in [2.75, 3.05) is 4.43 Å². The second-order valence-electron chi connectivity index (χ2n) is 5.11. The summed E-state index contributed by atoms with van der Waals surface area (Å²) in [5.41, 5.74) is -0.593. The minimum atomic E-state index is -0.593. The Balaban J connectivity index is 2.25. The highest BCUT2D eigenvalue weighted by molar-refractivity contribution is 14.1. The third-order valence-electron chi connectivity index (χ3n) is 3.70. The highest BCUT2D eigenvalue weighted by Gasteiger charge is 2.48. The number of ether oxygens (including phenoxy) is 2. The number of hydrogen-bond donors (Lipinski definition) is 0. The topological polar surface area (TPSA) is 42.2 Å². The Hall–Kier alpha value is -0.960. The zero-order chi connectivity index (χ0) is 13.9. The fourth-order valence-corrected chi connectivity index (χ4v) is 2.77. The van der Waals surface area contributed by atoms with Crippen LogP contribution < -0.4 is 9.47 Å². The number of nitrogens with zero attached hydrogens (tertiary/aromatic N) is 1. The maximum Gasteiger partial charge on any atom is 0.260 e. The molecule has 1 aromatic carbocycles. The molecule has 1 aliphatic rings. The molecule has 0 radical (unpaired) electrons. The van der Waals surface area contributed by atoms with Crippen LogP contribution in [-0.4, -0.2) is 10.7 Å². The van der Waals surface area contributed by atoms with E-state index in [0.29, 0.717) is 0 Å². The molecule has 0 aliphatic carbocycles. The Morgan fingerprint density at radius 2 is 1.89 bits per heavy atom. The fourth-order valence-electron chi connectivity index (χ4n) is 2.39. The van der Waals surface area contributed by atoms with Gasteiger partial charge in [-0.25, -0.2) is 0 Å². The van der Waals surface area contributed by atoms with E-state index in [1.807, 2.05) is 24.3 Å². The van der Waals surface area contributed by atoms with E-state index < -0.39 is 11.7 Å². The molecule has 0 saturated carbocycles. The first-order valence-electron chi connectivity index (χ1n) is 6.53. The molecule has 102 valence electrons. The molecule has 1 heterocycles. The van der Waals surface area contributed by atoms with Crippen molar-refractivity contribution in [1.82, 2.24) is 0 Å². The first-order chi connectivity index (χ1) is 9.14. The van der Waals surface area contributed by atoms with Crippen LogP contribution in [0.3, 0.4) is 0 Å². The van der Waals surface area contributed by atoms with E-state index in [2.05, 4.69) is 42.5 Å². The van der Waals surface area contributed by atoms with Crippen molar-refractivity contribution in [2.24, 2.45) is 11.3 Å². The van der Waals surface area contributed by atoms with E-state index in [0.717, 1.165) is 28.8 Å². The van der Waals surface area contributed by atoms with Crippen molar-refractivity contribution in [1.29, 1.82) is 5.26 Å². The van der Waals surface area contributed by atoms with Gasteiger partial charge in [0.15, 0.2) is 11.5 Å². The number of hydrogen-bond acceptors (Lipinski definition) is 3. The maximum absolute atomic E-state index is 9.70. The second kappa shape index (κ2) is 6.00. The van der Waals surface area contributed by atoms with Gasteiger partial charge in [-0.2, -0.15) is 5.26 Å². The molecule has 1 aliphatic heterocycles. The lowest BCUT2D eigenvalue weighted by atomic mass is 9.74. The molecule has 2 rings (SSSR count). The summed E-state index contributed by atoms with van der Waals surface area (Å²) in [5.74, 6) is 1.66. The molecule has 3 nitrogen and oxygen atoms in total. The van der Waals surface area contributed by atoms with E-state index in [4.69, 9.17) is 9.47 Å². The molecular weight excluding hydrogens is 353 g/mol. The van der Waals surface area contributed by atoms with Crippen LogP contribution in [0.25, 0.3) is 0 Å². The summed E-state index contributed by atoms with van der Waals surface area (Å²) in [7, 11) is 0. The van der Waals surface area contributed by atoms with Crippen molar-refractivity contribution in [2.45, 2.75) is 33.0 Å². The van der Waals surface area contributed by atoms with Gasteiger partial charge in [0, 0.05) is 0 Å². The molecule has 0 amide bonds. The number of halogens is 1. The van der Waals surface area contributed by atoms with Gasteiger partial charge in [-0.15, -0.1) is 0 Å². The average molecular weight is 371 g/mol. The van der Waals surface area contributed by atoms with Crippen molar-refractivity contribution in [3.8, 4) is 17.6 Å². The Morgan fingerprint density at radius 3 is 2.32 bits per heavy atom. The molecule has 0 saturated heterocycles. The van der Waals surface area contributed by atoms with E-state index in [-0.39, 0.29) is 5.92 Å². The van der Waals surface area contributed by atoms with Crippen LogP contribution in [0.2, 0.25) is 0 Å². The Morgan fingerprint density at radius 1 is 1.32 bits per heavy atom. The number of benzene rings is 1. The number of alkyl halides is 1. The summed E-state index contributed by atoms with van der Waals surface area (Å²) in [6.45, 7) is 4.12. The van der Waals surface area contributed by atoms with Gasteiger partial charge in [-0.05, 0) is 35.3 Å². The van der Waals surface area contributed by atoms with Gasteiger partial charge in [0.2, 0.25) is 0 Å². The largest absolute Gasteiger partial charge is 0.449 e. The SMILES string of the molecule is CC(C)C(C#N)(CCCI)C1Oc2ccccc2O1. The summed E-state index contributed by atoms with van der Waals surface area (Å²) in [4.78, 5) is 0. The van der Waals surface area contributed by atoms with Gasteiger partial charge < -0.3 is 9.47 Å². The van der Waals surface area contributed by atoms with Crippen LogP contribution in [0, 0.1) is 22.7 Å². The molecule has 0 spiro atoms. The molecule has 0 N–H and O–H groups in total. The van der Waals surface area contributed by atoms with E-state index in [1.165, 1.54) is 0 Å². The highest BCUT2D eigenvalue weighted by Crippen LogP contribution is 2.45. The van der Waals surface area contributed by atoms with Crippen LogP contribution in [0.1, 0.15) is 26.7 Å². The summed E-state index contributed by atoms with van der Waals surface area (Å²) >= 11 is 2.34. The maximum atomic E-state index is 9.70. The van der Waals surface area contributed by atoms with Gasteiger partial charge in [0.25, 0.3) is 6.29 Å². The Bertz CT molecular complexity index is 458. The predicted molar refractivity (Wildman–Crippen MR) is 82.5 cm³/mol. The van der Waals surface area contributed by atoms with E-state index in [9.17, 15) is 5.26 Å². The molecule has 19 heavy (non-hydrogen) atoms. The van der Waals surface area contributed by atoms with Crippen LogP contribution in [0.4, 0.5) is 0 Å². The standard InChI is InChI=1S/C15H18INO2/c1-11(2)15(10-17,8-5-9-16)14-18-12-6-3-4-7-13(12)19-14/h3-4,6-7,11,14H,5,8-9H2,1-2H3. The van der Waals surface area contributed by atoms with Gasteiger partial charge >= 0.3 is 0 Å². The first-order valence-corrected chi connectivity index (χ1v) is 8.06. The number of fused-ring (bicyclic) bond motifs is 1. The molecule has 0 bridgehead atoms. The zero-order valence-corrected chi connectivity index (χ0v) is 13.4. The minimum Gasteiger partial charge on any atom is -0.449 e. The predicted octanol–water partition coefficient (Wildman–Crippen LogP) is 4.17. The van der Waals surface area contributed by atoms with Crippen LogP contribution >= 0.6 is 22.6 Å². The highest BCUT2D eigenvalue weighted by atomic mass is 127. The van der Waals surface area contributed by atoms with Gasteiger partial charge in [0.05, 0.1) is 6.07 Å². The smallest absolute Gasteiger partial charge is 0.260 e. The van der Waals surface area contributed by atoms with Gasteiger partial charge in [-0.3, -0.25) is 0 Å². The summed E-state index contributed by atoms with van der Waals surface area (Å²) in [6, 6.07) is 10.1. The van der Waals surface area contributed by atoms with Crippen LogP contribution in [-0.2, 0) is 0 Å². The molecular formula is C15H18INO2. The third kappa shape index (κ3) is 2.66. The lowest BCUT2D eigenvalue weighted by molar-refractivity contribution is -0.0642. The molecule has 0 aromatic heterocycles. The molecule has 1 aromatic rings. The minimum absolute atomic E-state index is 0.180. The average Bonchev–Trinajstić information content (AvgIpc) is 2.84. The molecule has 1 unspecified atom stereocenters. The normalized spacial score (nSPS) is 17.2. The summed E-state index contributed by atoms with van der Waals surface area (Å²) in [6.07, 6.45) is 1.28. The third-order valence-corrected chi connectivity index (χ3v) is 4.46. The van der Waals surface area contributed by atoms with E-state index in [1.54, 1.807) is 0 Å². The van der Waals surface area contributed by atoms with Crippen molar-refractivity contribution < 1.29 is 9.47 Å². The number of rotatable bonds is 5. The summed E-state index contributed by atoms with van der Waals surface area (Å²) in [5, 5.41) is 9.70. The Labute approximate surface area is 128 Å². The number of nitriles is 1. The number of para-hydroxylation sites is 2. The lowest BCUT2D eigenvalue weighted by Crippen LogP contribution is -2.44. The van der Waals surface area contributed by atoms with Gasteiger partial charge in [0.1, 0.15) is 5.41 Å². The van der Waals surface area contributed by atoms with Crippen LogP contribution in [0.5, 0.6) is 11.5 Å². The van der Waals surface area contributed by atoms with Crippen LogP contribution in [0.15, 0.2) is 24.3 Å². The Kier molecular flexibility index (Phi) is 4.56. The molecule has 0 fully saturated rings. The molecule has 1 atom stereocenters. The lowest BCUT2D eigenvalue weighted by Gasteiger charge is -2.34.